The molecule has 7 nitrogen and oxygen atoms in total. The number of benzene rings is 1. The van der Waals surface area contributed by atoms with Gasteiger partial charge in [-0.25, -0.2) is 15.0 Å². The van der Waals surface area contributed by atoms with Gasteiger partial charge < -0.3 is 14.8 Å². The lowest BCUT2D eigenvalue weighted by atomic mass is 9.97. The number of piperidine rings is 1. The van der Waals surface area contributed by atoms with Crippen LogP contribution in [0.3, 0.4) is 0 Å². The molecule has 0 radical (unpaired) electrons. The molecule has 2 aromatic heterocycles. The van der Waals surface area contributed by atoms with E-state index in [9.17, 15) is 4.79 Å². The molecular weight excluding hydrogens is 364 g/mol. The van der Waals surface area contributed by atoms with E-state index in [1.54, 1.807) is 0 Å². The normalized spacial score (nSPS) is 19.8. The van der Waals surface area contributed by atoms with E-state index in [4.69, 9.17) is 4.98 Å². The molecule has 1 amide bonds. The van der Waals surface area contributed by atoms with Gasteiger partial charge in [0.25, 0.3) is 5.91 Å². The Labute approximate surface area is 170 Å². The van der Waals surface area contributed by atoms with Crippen LogP contribution in [0.25, 0.3) is 11.0 Å². The summed E-state index contributed by atoms with van der Waals surface area (Å²) in [6.07, 6.45) is 4.32. The Morgan fingerprint density at radius 1 is 1.07 bits per heavy atom. The molecule has 2 aliphatic rings. The zero-order chi connectivity index (χ0) is 19.8. The summed E-state index contributed by atoms with van der Waals surface area (Å²) in [5, 5.41) is 0. The first-order chi connectivity index (χ1) is 14.2. The molecule has 4 heterocycles. The number of aromatic nitrogens is 4. The predicted molar refractivity (Wildman–Crippen MR) is 112 cm³/mol. The third-order valence-corrected chi connectivity index (χ3v) is 5.95. The Morgan fingerprint density at radius 2 is 1.90 bits per heavy atom. The van der Waals surface area contributed by atoms with Crippen LogP contribution in [-0.4, -0.2) is 56.9 Å². The van der Waals surface area contributed by atoms with Gasteiger partial charge in [0, 0.05) is 37.8 Å². The molecule has 7 heteroatoms. The van der Waals surface area contributed by atoms with Gasteiger partial charge >= 0.3 is 0 Å². The molecule has 0 saturated carbocycles. The fourth-order valence-electron chi connectivity index (χ4n) is 4.43. The number of fused-ring (bicyclic) bond motifs is 1. The standard InChI is InChI=1S/C22H26N6O/c1-15-13-19(26-22(23-15)27-10-4-5-11-27)21(29)28-12-6-7-16(14-28)20-24-17-8-2-3-9-18(17)25-20/h2-3,8-9,13,16H,4-7,10-12,14H2,1H3,(H,24,25). The SMILES string of the molecule is Cc1cc(C(=O)N2CCCC(c3nc4ccccc4[nH]3)C2)nc(N2CCCC2)n1. The summed E-state index contributed by atoms with van der Waals surface area (Å²) < 4.78 is 0. The number of hydrogen-bond donors (Lipinski definition) is 1. The number of carbonyl (C=O) groups is 1. The van der Waals surface area contributed by atoms with Crippen molar-refractivity contribution in [2.45, 2.75) is 38.5 Å². The van der Waals surface area contributed by atoms with Gasteiger partial charge in [0.15, 0.2) is 0 Å². The van der Waals surface area contributed by atoms with Crippen molar-refractivity contribution in [1.29, 1.82) is 0 Å². The molecule has 1 atom stereocenters. The molecule has 5 rings (SSSR count). The van der Waals surface area contributed by atoms with E-state index >= 15 is 0 Å². The van der Waals surface area contributed by atoms with Crippen LogP contribution in [0.4, 0.5) is 5.95 Å². The number of imidazole rings is 1. The summed E-state index contributed by atoms with van der Waals surface area (Å²) in [5.74, 6) is 1.88. The quantitative estimate of drug-likeness (QED) is 0.743. The maximum absolute atomic E-state index is 13.3. The van der Waals surface area contributed by atoms with Crippen molar-refractivity contribution in [3.05, 3.63) is 47.5 Å². The van der Waals surface area contributed by atoms with Crippen molar-refractivity contribution < 1.29 is 4.79 Å². The van der Waals surface area contributed by atoms with Gasteiger partial charge in [-0.2, -0.15) is 0 Å². The number of nitrogens with zero attached hydrogens (tertiary/aromatic N) is 5. The van der Waals surface area contributed by atoms with E-state index in [-0.39, 0.29) is 11.8 Å². The maximum atomic E-state index is 13.3. The fourth-order valence-corrected chi connectivity index (χ4v) is 4.43. The molecule has 1 unspecified atom stereocenters. The predicted octanol–water partition coefficient (Wildman–Crippen LogP) is 3.28. The van der Waals surface area contributed by atoms with Gasteiger partial charge in [-0.15, -0.1) is 0 Å². The number of amides is 1. The minimum absolute atomic E-state index is 0.00300. The number of likely N-dealkylation sites (tertiary alicyclic amines) is 1. The van der Waals surface area contributed by atoms with E-state index in [1.807, 2.05) is 42.2 Å². The van der Waals surface area contributed by atoms with Crippen LogP contribution in [0.2, 0.25) is 0 Å². The molecule has 2 fully saturated rings. The Hall–Kier alpha value is -2.96. The number of hydrogen-bond acceptors (Lipinski definition) is 5. The fraction of sp³-hybridized carbons (Fsp3) is 0.455. The lowest BCUT2D eigenvalue weighted by Crippen LogP contribution is -2.40. The van der Waals surface area contributed by atoms with Crippen molar-refractivity contribution in [2.75, 3.05) is 31.1 Å². The number of carbonyl (C=O) groups excluding carboxylic acids is 1. The Bertz CT molecular complexity index is 1010. The van der Waals surface area contributed by atoms with E-state index < -0.39 is 0 Å². The lowest BCUT2D eigenvalue weighted by Gasteiger charge is -2.31. The molecule has 1 N–H and O–H groups in total. The van der Waals surface area contributed by atoms with Crippen LogP contribution in [0.1, 0.15) is 53.6 Å². The summed E-state index contributed by atoms with van der Waals surface area (Å²) in [6.45, 7) is 5.30. The minimum atomic E-state index is -0.00300. The number of anilines is 1. The molecule has 2 aliphatic heterocycles. The molecule has 2 saturated heterocycles. The van der Waals surface area contributed by atoms with Gasteiger partial charge in [-0.1, -0.05) is 12.1 Å². The van der Waals surface area contributed by atoms with Crippen LogP contribution in [0.15, 0.2) is 30.3 Å². The summed E-state index contributed by atoms with van der Waals surface area (Å²) in [4.78, 5) is 34.7. The summed E-state index contributed by atoms with van der Waals surface area (Å²) in [5.41, 5.74) is 3.38. The van der Waals surface area contributed by atoms with Gasteiger partial charge in [0.05, 0.1) is 11.0 Å². The first-order valence-electron chi connectivity index (χ1n) is 10.5. The topological polar surface area (TPSA) is 78.0 Å². The second kappa shape index (κ2) is 7.46. The number of aromatic amines is 1. The number of nitrogens with one attached hydrogen (secondary N) is 1. The Balaban J connectivity index is 1.37. The summed E-state index contributed by atoms with van der Waals surface area (Å²) in [7, 11) is 0. The largest absolute Gasteiger partial charge is 0.342 e. The van der Waals surface area contributed by atoms with Gasteiger partial charge in [0.1, 0.15) is 11.5 Å². The van der Waals surface area contributed by atoms with Crippen molar-refractivity contribution in [2.24, 2.45) is 0 Å². The highest BCUT2D eigenvalue weighted by atomic mass is 16.2. The highest BCUT2D eigenvalue weighted by Crippen LogP contribution is 2.28. The second-order valence-electron chi connectivity index (χ2n) is 8.12. The smallest absolute Gasteiger partial charge is 0.272 e. The van der Waals surface area contributed by atoms with Crippen LogP contribution < -0.4 is 4.90 Å². The lowest BCUT2D eigenvalue weighted by molar-refractivity contribution is 0.0698. The molecule has 29 heavy (non-hydrogen) atoms. The van der Waals surface area contributed by atoms with Gasteiger partial charge in [-0.05, 0) is 50.8 Å². The molecule has 0 bridgehead atoms. The molecule has 150 valence electrons. The third kappa shape index (κ3) is 3.57. The number of H-pyrrole nitrogens is 1. The Kier molecular flexibility index (Phi) is 4.66. The molecule has 0 spiro atoms. The van der Waals surface area contributed by atoms with Gasteiger partial charge in [-0.3, -0.25) is 4.79 Å². The third-order valence-electron chi connectivity index (χ3n) is 5.95. The number of rotatable bonds is 3. The monoisotopic (exact) mass is 390 g/mol. The average Bonchev–Trinajstić information content (AvgIpc) is 3.43. The van der Waals surface area contributed by atoms with Crippen molar-refractivity contribution >= 4 is 22.9 Å². The van der Waals surface area contributed by atoms with Crippen molar-refractivity contribution in [3.63, 3.8) is 0 Å². The van der Waals surface area contributed by atoms with Crippen LogP contribution in [0, 0.1) is 6.92 Å². The van der Waals surface area contributed by atoms with Crippen LogP contribution in [0.5, 0.6) is 0 Å². The van der Waals surface area contributed by atoms with Crippen molar-refractivity contribution in [3.8, 4) is 0 Å². The maximum Gasteiger partial charge on any atom is 0.272 e. The van der Waals surface area contributed by atoms with Crippen molar-refractivity contribution in [1.82, 2.24) is 24.8 Å². The molecule has 0 aliphatic carbocycles. The summed E-state index contributed by atoms with van der Waals surface area (Å²) in [6, 6.07) is 9.88. The zero-order valence-corrected chi connectivity index (χ0v) is 16.8. The minimum Gasteiger partial charge on any atom is -0.342 e. The summed E-state index contributed by atoms with van der Waals surface area (Å²) >= 11 is 0. The molecular formula is C22H26N6O. The second-order valence-corrected chi connectivity index (χ2v) is 8.12. The zero-order valence-electron chi connectivity index (χ0n) is 16.8. The van der Waals surface area contributed by atoms with Crippen LogP contribution >= 0.6 is 0 Å². The van der Waals surface area contributed by atoms with E-state index in [0.717, 1.165) is 67.9 Å². The van der Waals surface area contributed by atoms with E-state index in [1.165, 1.54) is 0 Å². The van der Waals surface area contributed by atoms with E-state index in [0.29, 0.717) is 18.2 Å². The van der Waals surface area contributed by atoms with Crippen LogP contribution in [-0.2, 0) is 0 Å². The number of para-hydroxylation sites is 2. The van der Waals surface area contributed by atoms with E-state index in [2.05, 4.69) is 19.9 Å². The van der Waals surface area contributed by atoms with Gasteiger partial charge in [0.2, 0.25) is 5.95 Å². The Morgan fingerprint density at radius 3 is 2.72 bits per heavy atom. The average molecular weight is 390 g/mol. The highest BCUT2D eigenvalue weighted by molar-refractivity contribution is 5.92. The number of aryl methyl sites for hydroxylation is 1. The molecule has 3 aromatic rings. The first-order valence-corrected chi connectivity index (χ1v) is 10.5. The first kappa shape index (κ1) is 18.1. The highest BCUT2D eigenvalue weighted by Gasteiger charge is 2.29. The molecule has 1 aromatic carbocycles.